The molecular weight excluding hydrogens is 387 g/mol. The fourth-order valence-corrected chi connectivity index (χ4v) is 4.13. The summed E-state index contributed by atoms with van der Waals surface area (Å²) in [5.74, 6) is 0.369. The number of nitrogens with one attached hydrogen (secondary N) is 1. The number of aromatic nitrogens is 1. The van der Waals surface area contributed by atoms with E-state index in [9.17, 15) is 4.79 Å². The number of hydrogen-bond acceptors (Lipinski definition) is 5. The SMILES string of the molecule is CC(Oc1ccccc1)C(=O)Nc1nc(-c2cc(Cl)sc2Cl)cs1. The van der Waals surface area contributed by atoms with Crippen LogP contribution in [0.3, 0.4) is 0 Å². The van der Waals surface area contributed by atoms with Crippen molar-refractivity contribution in [2.45, 2.75) is 13.0 Å². The van der Waals surface area contributed by atoms with Crippen molar-refractivity contribution in [3.63, 3.8) is 0 Å². The number of para-hydroxylation sites is 1. The minimum absolute atomic E-state index is 0.269. The van der Waals surface area contributed by atoms with E-state index in [0.717, 1.165) is 5.56 Å². The van der Waals surface area contributed by atoms with Crippen LogP contribution < -0.4 is 10.1 Å². The van der Waals surface area contributed by atoms with Crippen molar-refractivity contribution in [2.24, 2.45) is 0 Å². The zero-order valence-electron chi connectivity index (χ0n) is 12.5. The highest BCUT2D eigenvalue weighted by molar-refractivity contribution is 7.20. The van der Waals surface area contributed by atoms with Crippen LogP contribution in [0.2, 0.25) is 8.67 Å². The molecule has 1 amide bonds. The van der Waals surface area contributed by atoms with Gasteiger partial charge >= 0.3 is 0 Å². The zero-order valence-corrected chi connectivity index (χ0v) is 15.6. The average molecular weight is 399 g/mol. The van der Waals surface area contributed by atoms with Gasteiger partial charge in [-0.1, -0.05) is 41.4 Å². The van der Waals surface area contributed by atoms with Crippen LogP contribution in [0.25, 0.3) is 11.3 Å². The topological polar surface area (TPSA) is 51.2 Å². The second-order valence-electron chi connectivity index (χ2n) is 4.84. The van der Waals surface area contributed by atoms with Gasteiger partial charge in [-0.2, -0.15) is 0 Å². The minimum atomic E-state index is -0.640. The molecule has 1 atom stereocenters. The van der Waals surface area contributed by atoms with Crippen molar-refractivity contribution in [3.05, 3.63) is 50.5 Å². The lowest BCUT2D eigenvalue weighted by Gasteiger charge is -2.13. The fraction of sp³-hybridized carbons (Fsp3) is 0.125. The van der Waals surface area contributed by atoms with Gasteiger partial charge in [0.15, 0.2) is 11.2 Å². The lowest BCUT2D eigenvalue weighted by atomic mass is 10.3. The Bertz CT molecular complexity index is 849. The number of nitrogens with zero attached hydrogens (tertiary/aromatic N) is 1. The lowest BCUT2D eigenvalue weighted by Crippen LogP contribution is -2.30. The monoisotopic (exact) mass is 398 g/mol. The molecule has 0 aliphatic rings. The summed E-state index contributed by atoms with van der Waals surface area (Å²) in [4.78, 5) is 16.6. The first-order chi connectivity index (χ1) is 11.5. The molecule has 24 heavy (non-hydrogen) atoms. The largest absolute Gasteiger partial charge is 0.481 e. The Morgan fingerprint density at radius 2 is 2.04 bits per heavy atom. The number of amides is 1. The number of carbonyl (C=O) groups is 1. The van der Waals surface area contributed by atoms with E-state index < -0.39 is 6.10 Å². The van der Waals surface area contributed by atoms with Crippen LogP contribution in [0.15, 0.2) is 41.8 Å². The Labute approximate surface area is 157 Å². The maximum Gasteiger partial charge on any atom is 0.266 e. The quantitative estimate of drug-likeness (QED) is 0.609. The van der Waals surface area contributed by atoms with Crippen molar-refractivity contribution in [1.82, 2.24) is 4.98 Å². The molecule has 0 radical (unpaired) electrons. The van der Waals surface area contributed by atoms with Gasteiger partial charge in [0, 0.05) is 10.9 Å². The molecule has 0 aliphatic heterocycles. The summed E-state index contributed by atoms with van der Waals surface area (Å²) in [7, 11) is 0. The van der Waals surface area contributed by atoms with Gasteiger partial charge in [0.25, 0.3) is 5.91 Å². The van der Waals surface area contributed by atoms with E-state index in [1.807, 2.05) is 23.6 Å². The molecule has 2 heterocycles. The van der Waals surface area contributed by atoms with Crippen LogP contribution in [-0.2, 0) is 4.79 Å². The molecule has 3 rings (SSSR count). The van der Waals surface area contributed by atoms with Crippen molar-refractivity contribution in [2.75, 3.05) is 5.32 Å². The Morgan fingerprint density at radius 3 is 2.71 bits per heavy atom. The Balaban J connectivity index is 1.66. The number of ether oxygens (including phenoxy) is 1. The van der Waals surface area contributed by atoms with E-state index >= 15 is 0 Å². The van der Waals surface area contributed by atoms with Gasteiger partial charge in [-0.15, -0.1) is 22.7 Å². The second kappa shape index (κ2) is 7.53. The lowest BCUT2D eigenvalue weighted by molar-refractivity contribution is -0.122. The highest BCUT2D eigenvalue weighted by Crippen LogP contribution is 2.38. The summed E-state index contributed by atoms with van der Waals surface area (Å²) in [5, 5.41) is 5.05. The van der Waals surface area contributed by atoms with Crippen LogP contribution in [0.5, 0.6) is 5.75 Å². The number of carbonyl (C=O) groups excluding carboxylic acids is 1. The van der Waals surface area contributed by atoms with E-state index in [-0.39, 0.29) is 5.91 Å². The van der Waals surface area contributed by atoms with Gasteiger partial charge in [0.2, 0.25) is 0 Å². The predicted octanol–water partition coefficient (Wildman–Crippen LogP) is 5.58. The van der Waals surface area contributed by atoms with E-state index in [0.29, 0.717) is 25.2 Å². The van der Waals surface area contributed by atoms with E-state index in [1.165, 1.54) is 22.7 Å². The third kappa shape index (κ3) is 4.08. The number of rotatable bonds is 5. The summed E-state index contributed by atoms with van der Waals surface area (Å²) in [6, 6.07) is 10.9. The van der Waals surface area contributed by atoms with Gasteiger partial charge in [-0.25, -0.2) is 4.98 Å². The number of benzene rings is 1. The molecule has 4 nitrogen and oxygen atoms in total. The number of anilines is 1. The maximum atomic E-state index is 12.2. The molecular formula is C16H12Cl2N2O2S2. The van der Waals surface area contributed by atoms with Crippen LogP contribution in [0.4, 0.5) is 5.13 Å². The molecule has 124 valence electrons. The molecule has 3 aromatic rings. The van der Waals surface area contributed by atoms with Crippen LogP contribution in [0.1, 0.15) is 6.92 Å². The zero-order chi connectivity index (χ0) is 17.1. The fourth-order valence-electron chi connectivity index (χ4n) is 1.93. The number of hydrogen-bond donors (Lipinski definition) is 1. The predicted molar refractivity (Wildman–Crippen MR) is 101 cm³/mol. The van der Waals surface area contributed by atoms with E-state index in [1.54, 1.807) is 25.1 Å². The van der Waals surface area contributed by atoms with Crippen LogP contribution in [-0.4, -0.2) is 17.0 Å². The molecule has 0 fully saturated rings. The Morgan fingerprint density at radius 1 is 1.29 bits per heavy atom. The highest BCUT2D eigenvalue weighted by Gasteiger charge is 2.17. The van der Waals surface area contributed by atoms with Crippen molar-refractivity contribution in [1.29, 1.82) is 0 Å². The summed E-state index contributed by atoms with van der Waals surface area (Å²) >= 11 is 14.7. The molecule has 1 N–H and O–H groups in total. The summed E-state index contributed by atoms with van der Waals surface area (Å²) in [6.45, 7) is 1.69. The van der Waals surface area contributed by atoms with Crippen molar-refractivity contribution >= 4 is 56.9 Å². The van der Waals surface area contributed by atoms with Gasteiger partial charge in [0.1, 0.15) is 10.1 Å². The maximum absolute atomic E-state index is 12.2. The smallest absolute Gasteiger partial charge is 0.266 e. The first kappa shape index (κ1) is 17.2. The molecule has 0 saturated heterocycles. The first-order valence-corrected chi connectivity index (χ1v) is 9.41. The molecule has 0 aliphatic carbocycles. The minimum Gasteiger partial charge on any atom is -0.481 e. The Kier molecular flexibility index (Phi) is 5.40. The number of thiazole rings is 1. The summed E-state index contributed by atoms with van der Waals surface area (Å²) in [6.07, 6.45) is -0.640. The average Bonchev–Trinajstić information content (AvgIpc) is 3.14. The van der Waals surface area contributed by atoms with E-state index in [2.05, 4.69) is 10.3 Å². The molecule has 0 spiro atoms. The second-order valence-corrected chi connectivity index (χ2v) is 7.98. The third-order valence-electron chi connectivity index (χ3n) is 3.09. The van der Waals surface area contributed by atoms with Crippen LogP contribution >= 0.6 is 45.9 Å². The van der Waals surface area contributed by atoms with Gasteiger partial charge in [-0.3, -0.25) is 10.1 Å². The number of halogens is 2. The molecule has 8 heteroatoms. The third-order valence-corrected chi connectivity index (χ3v) is 5.34. The normalized spacial score (nSPS) is 12.0. The van der Waals surface area contributed by atoms with E-state index in [4.69, 9.17) is 27.9 Å². The molecule has 1 aromatic carbocycles. The molecule has 0 saturated carbocycles. The van der Waals surface area contributed by atoms with Gasteiger partial charge in [-0.05, 0) is 25.1 Å². The van der Waals surface area contributed by atoms with Crippen LogP contribution in [0, 0.1) is 0 Å². The first-order valence-electron chi connectivity index (χ1n) is 6.96. The van der Waals surface area contributed by atoms with Gasteiger partial charge < -0.3 is 4.74 Å². The van der Waals surface area contributed by atoms with Crippen molar-refractivity contribution in [3.8, 4) is 17.0 Å². The van der Waals surface area contributed by atoms with Crippen molar-refractivity contribution < 1.29 is 9.53 Å². The standard InChI is InChI=1S/C16H12Cl2N2O2S2/c1-9(22-10-5-3-2-4-6-10)15(21)20-16-19-12(8-23-16)11-7-13(17)24-14(11)18/h2-9H,1H3,(H,19,20,21). The highest BCUT2D eigenvalue weighted by atomic mass is 35.5. The number of thiophene rings is 1. The summed E-state index contributed by atoms with van der Waals surface area (Å²) < 4.78 is 6.76. The van der Waals surface area contributed by atoms with Gasteiger partial charge in [0.05, 0.1) is 10.0 Å². The molecule has 2 aromatic heterocycles. The molecule has 0 bridgehead atoms. The summed E-state index contributed by atoms with van der Waals surface area (Å²) in [5.41, 5.74) is 1.44. The molecule has 1 unspecified atom stereocenters. The Hall–Kier alpha value is -1.60.